The SMILES string of the molecule is O=C(O)c1c(-c2ccc[nH]c2=O)c2cc3c(cc2n1Cc1cnc2ccccc2c1Cl)CCC3. The minimum atomic E-state index is -1.10. The number of hydrogen-bond acceptors (Lipinski definition) is 3. The number of aromatic amines is 1. The van der Waals surface area contributed by atoms with Gasteiger partial charge < -0.3 is 14.7 Å². The standard InChI is InChI=1S/C27H20ClN3O3/c28-24-17(13-30-21-9-2-1-7-18(21)24)14-31-22-12-16-6-3-5-15(16)11-20(22)23(25(31)27(33)34)19-8-4-10-29-26(19)32/h1-2,4,7-13H,3,5-6,14H2,(H,29,32)(H,33,34). The molecule has 7 heteroatoms. The van der Waals surface area contributed by atoms with Crippen molar-refractivity contribution in [1.29, 1.82) is 0 Å². The van der Waals surface area contributed by atoms with Crippen molar-refractivity contribution in [3.63, 3.8) is 0 Å². The number of nitrogens with one attached hydrogen (secondary N) is 1. The van der Waals surface area contributed by atoms with Gasteiger partial charge in [0.2, 0.25) is 0 Å². The molecule has 0 unspecified atom stereocenters. The van der Waals surface area contributed by atoms with Gasteiger partial charge in [0.15, 0.2) is 0 Å². The maximum atomic E-state index is 12.8. The highest BCUT2D eigenvalue weighted by atomic mass is 35.5. The first kappa shape index (κ1) is 20.7. The average molecular weight is 470 g/mol. The fourth-order valence-corrected chi connectivity index (χ4v) is 5.39. The van der Waals surface area contributed by atoms with Gasteiger partial charge >= 0.3 is 5.97 Å². The molecule has 1 aliphatic carbocycles. The summed E-state index contributed by atoms with van der Waals surface area (Å²) >= 11 is 6.76. The van der Waals surface area contributed by atoms with E-state index in [9.17, 15) is 14.7 Å². The molecule has 3 aromatic heterocycles. The van der Waals surface area contributed by atoms with Gasteiger partial charge in [0.05, 0.1) is 17.1 Å². The number of pyridine rings is 2. The van der Waals surface area contributed by atoms with E-state index in [2.05, 4.69) is 22.1 Å². The molecule has 168 valence electrons. The largest absolute Gasteiger partial charge is 0.477 e. The molecule has 3 heterocycles. The van der Waals surface area contributed by atoms with Crippen molar-refractivity contribution >= 4 is 39.4 Å². The molecule has 6 rings (SSSR count). The molecule has 2 N–H and O–H groups in total. The van der Waals surface area contributed by atoms with E-state index in [0.717, 1.165) is 41.1 Å². The number of H-pyrrole nitrogens is 1. The minimum Gasteiger partial charge on any atom is -0.477 e. The highest BCUT2D eigenvalue weighted by Crippen LogP contribution is 2.38. The third kappa shape index (κ3) is 3.14. The summed E-state index contributed by atoms with van der Waals surface area (Å²) in [6.07, 6.45) is 6.21. The van der Waals surface area contributed by atoms with Gasteiger partial charge in [-0.3, -0.25) is 9.78 Å². The van der Waals surface area contributed by atoms with Crippen LogP contribution in [0, 0.1) is 0 Å². The number of halogens is 1. The average Bonchev–Trinajstić information content (AvgIpc) is 3.42. The Balaban J connectivity index is 1.67. The van der Waals surface area contributed by atoms with Crippen LogP contribution in [0.5, 0.6) is 0 Å². The molecule has 0 spiro atoms. The molecule has 0 radical (unpaired) electrons. The molecular weight excluding hydrogens is 450 g/mol. The summed E-state index contributed by atoms with van der Waals surface area (Å²) in [5, 5.41) is 12.5. The lowest BCUT2D eigenvalue weighted by Gasteiger charge is -2.12. The third-order valence-electron chi connectivity index (χ3n) is 6.68. The molecule has 1 aliphatic rings. The summed E-state index contributed by atoms with van der Waals surface area (Å²) in [6, 6.07) is 15.1. The summed E-state index contributed by atoms with van der Waals surface area (Å²) in [4.78, 5) is 32.6. The van der Waals surface area contributed by atoms with Crippen LogP contribution in [-0.4, -0.2) is 25.6 Å². The summed E-state index contributed by atoms with van der Waals surface area (Å²) < 4.78 is 1.76. The van der Waals surface area contributed by atoms with Crippen LogP contribution in [0.3, 0.4) is 0 Å². The van der Waals surface area contributed by atoms with Crippen LogP contribution in [-0.2, 0) is 19.4 Å². The van der Waals surface area contributed by atoms with E-state index < -0.39 is 5.97 Å². The summed E-state index contributed by atoms with van der Waals surface area (Å²) in [5.41, 5.74) is 5.22. The number of fused-ring (bicyclic) bond motifs is 3. The third-order valence-corrected chi connectivity index (χ3v) is 7.12. The van der Waals surface area contributed by atoms with E-state index in [-0.39, 0.29) is 17.8 Å². The Labute approximate surface area is 199 Å². The van der Waals surface area contributed by atoms with E-state index in [1.807, 2.05) is 24.3 Å². The first-order chi connectivity index (χ1) is 16.5. The lowest BCUT2D eigenvalue weighted by molar-refractivity contribution is 0.0687. The van der Waals surface area contributed by atoms with Crippen LogP contribution in [0.2, 0.25) is 5.02 Å². The molecule has 5 aromatic rings. The highest BCUT2D eigenvalue weighted by molar-refractivity contribution is 6.36. The van der Waals surface area contributed by atoms with Crippen molar-refractivity contribution in [3.8, 4) is 11.1 Å². The molecule has 6 nitrogen and oxygen atoms in total. The molecule has 0 atom stereocenters. The molecule has 0 saturated carbocycles. The monoisotopic (exact) mass is 469 g/mol. The van der Waals surface area contributed by atoms with Crippen LogP contribution < -0.4 is 5.56 Å². The lowest BCUT2D eigenvalue weighted by Crippen LogP contribution is -2.14. The van der Waals surface area contributed by atoms with Gasteiger partial charge in [-0.25, -0.2) is 4.79 Å². The molecule has 0 bridgehead atoms. The van der Waals surface area contributed by atoms with Crippen molar-refractivity contribution in [2.75, 3.05) is 0 Å². The van der Waals surface area contributed by atoms with E-state index in [1.165, 1.54) is 11.1 Å². The Morgan fingerprint density at radius 3 is 2.68 bits per heavy atom. The molecule has 2 aromatic carbocycles. The predicted molar refractivity (Wildman–Crippen MR) is 133 cm³/mol. The van der Waals surface area contributed by atoms with Gasteiger partial charge in [0.1, 0.15) is 5.69 Å². The van der Waals surface area contributed by atoms with Crippen molar-refractivity contribution in [2.24, 2.45) is 0 Å². The molecule has 0 amide bonds. The quantitative estimate of drug-likeness (QED) is 0.367. The zero-order chi connectivity index (χ0) is 23.4. The molecule has 0 aliphatic heterocycles. The molecular formula is C27H20ClN3O3. The smallest absolute Gasteiger partial charge is 0.353 e. The second kappa shape index (κ2) is 7.85. The Bertz CT molecular complexity index is 1680. The van der Waals surface area contributed by atoms with Gasteiger partial charge in [-0.1, -0.05) is 29.8 Å². The van der Waals surface area contributed by atoms with E-state index >= 15 is 0 Å². The van der Waals surface area contributed by atoms with Gasteiger partial charge in [-0.2, -0.15) is 0 Å². The Morgan fingerprint density at radius 2 is 1.88 bits per heavy atom. The van der Waals surface area contributed by atoms with Gasteiger partial charge in [0, 0.05) is 45.4 Å². The van der Waals surface area contributed by atoms with Gasteiger partial charge in [-0.15, -0.1) is 0 Å². The molecule has 0 fully saturated rings. The summed E-state index contributed by atoms with van der Waals surface area (Å²) in [6.45, 7) is 0.221. The minimum absolute atomic E-state index is 0.0691. The zero-order valence-electron chi connectivity index (χ0n) is 18.1. The van der Waals surface area contributed by atoms with Crippen molar-refractivity contribution in [3.05, 3.63) is 98.7 Å². The first-order valence-corrected chi connectivity index (χ1v) is 11.5. The normalized spacial score (nSPS) is 13.0. The number of para-hydroxylation sites is 1. The van der Waals surface area contributed by atoms with E-state index in [0.29, 0.717) is 21.7 Å². The molecule has 34 heavy (non-hydrogen) atoms. The number of rotatable bonds is 4. The van der Waals surface area contributed by atoms with Gasteiger partial charge in [-0.05, 0) is 60.7 Å². The number of carbonyl (C=O) groups is 1. The van der Waals surface area contributed by atoms with Crippen LogP contribution >= 0.6 is 11.6 Å². The first-order valence-electron chi connectivity index (χ1n) is 11.1. The number of benzene rings is 2. The number of hydrogen-bond donors (Lipinski definition) is 2. The number of carboxylic acid groups (broad SMARTS) is 1. The summed E-state index contributed by atoms with van der Waals surface area (Å²) in [7, 11) is 0. The van der Waals surface area contributed by atoms with Gasteiger partial charge in [0.25, 0.3) is 5.56 Å². The van der Waals surface area contributed by atoms with Crippen molar-refractivity contribution < 1.29 is 9.90 Å². The Hall–Kier alpha value is -3.90. The van der Waals surface area contributed by atoms with Crippen molar-refractivity contribution in [2.45, 2.75) is 25.8 Å². The maximum absolute atomic E-state index is 12.8. The van der Waals surface area contributed by atoms with Crippen molar-refractivity contribution in [1.82, 2.24) is 14.5 Å². The maximum Gasteiger partial charge on any atom is 0.353 e. The number of carboxylic acids is 1. The van der Waals surface area contributed by atoms with Crippen LogP contribution in [0.1, 0.15) is 33.6 Å². The fourth-order valence-electron chi connectivity index (χ4n) is 5.12. The fraction of sp³-hybridized carbons (Fsp3) is 0.148. The number of aromatic nitrogens is 3. The highest BCUT2D eigenvalue weighted by Gasteiger charge is 2.27. The second-order valence-corrected chi connectivity index (χ2v) is 9.01. The Morgan fingerprint density at radius 1 is 1.09 bits per heavy atom. The van der Waals surface area contributed by atoms with E-state index in [1.54, 1.807) is 29.1 Å². The zero-order valence-corrected chi connectivity index (χ0v) is 18.9. The van der Waals surface area contributed by atoms with Crippen LogP contribution in [0.25, 0.3) is 32.9 Å². The Kier molecular flexibility index (Phi) is 4.78. The van der Waals surface area contributed by atoms with Crippen LogP contribution in [0.15, 0.2) is 65.7 Å². The predicted octanol–water partition coefficient (Wildman–Crippen LogP) is 5.43. The number of aromatic carboxylic acids is 1. The summed E-state index contributed by atoms with van der Waals surface area (Å²) in [5.74, 6) is -1.10. The topological polar surface area (TPSA) is 88.0 Å². The van der Waals surface area contributed by atoms with Crippen LogP contribution in [0.4, 0.5) is 0 Å². The number of aryl methyl sites for hydroxylation is 2. The lowest BCUT2D eigenvalue weighted by atomic mass is 10.00. The van der Waals surface area contributed by atoms with E-state index in [4.69, 9.17) is 11.6 Å². The second-order valence-electron chi connectivity index (χ2n) is 8.63. The molecule has 0 saturated heterocycles. The number of nitrogens with zero attached hydrogens (tertiary/aromatic N) is 2.